The fourth-order valence-electron chi connectivity index (χ4n) is 2.46. The van der Waals surface area contributed by atoms with Gasteiger partial charge in [0.25, 0.3) is 0 Å². The molecule has 0 spiro atoms. The van der Waals surface area contributed by atoms with Gasteiger partial charge in [0, 0.05) is 0 Å². The summed E-state index contributed by atoms with van der Waals surface area (Å²) in [4.78, 5) is 0. The maximum Gasteiger partial charge on any atom is 0.0802 e. The molecular formula is C19H23NO. The molecule has 0 bridgehead atoms. The third-order valence-electron chi connectivity index (χ3n) is 3.72. The lowest BCUT2D eigenvalue weighted by molar-refractivity contribution is 0.170. The second kappa shape index (κ2) is 7.21. The number of rotatable bonds is 5. The lowest BCUT2D eigenvalue weighted by Gasteiger charge is -2.10. The van der Waals surface area contributed by atoms with Crippen LogP contribution in [0.15, 0.2) is 42.5 Å². The molecule has 0 aliphatic heterocycles. The van der Waals surface area contributed by atoms with Crippen molar-refractivity contribution in [3.63, 3.8) is 0 Å². The molecule has 3 N–H and O–H groups in total. The molecule has 0 aliphatic rings. The summed E-state index contributed by atoms with van der Waals surface area (Å²) in [6.07, 6.45) is 4.33. The quantitative estimate of drug-likeness (QED) is 0.818. The van der Waals surface area contributed by atoms with E-state index in [4.69, 9.17) is 5.73 Å². The highest BCUT2D eigenvalue weighted by atomic mass is 16.3. The average Bonchev–Trinajstić information content (AvgIpc) is 2.47. The molecule has 0 aromatic heterocycles. The molecule has 2 aromatic carbocycles. The van der Waals surface area contributed by atoms with Crippen LogP contribution in [-0.4, -0.2) is 11.7 Å². The highest BCUT2D eigenvalue weighted by molar-refractivity contribution is 5.72. The van der Waals surface area contributed by atoms with E-state index in [2.05, 4.69) is 44.2 Å². The minimum absolute atomic E-state index is 0.483. The molecule has 0 amide bonds. The van der Waals surface area contributed by atoms with Crippen molar-refractivity contribution in [3.05, 3.63) is 70.3 Å². The number of aryl methyl sites for hydroxylation is 2. The van der Waals surface area contributed by atoms with E-state index in [0.717, 1.165) is 11.1 Å². The first-order chi connectivity index (χ1) is 10.1. The van der Waals surface area contributed by atoms with Crippen molar-refractivity contribution in [3.8, 4) is 0 Å². The molecule has 0 heterocycles. The van der Waals surface area contributed by atoms with Crippen molar-refractivity contribution in [1.82, 2.24) is 0 Å². The third kappa shape index (κ3) is 4.03. The van der Waals surface area contributed by atoms with Crippen LogP contribution in [0, 0.1) is 13.8 Å². The Bertz CT molecular complexity index is 611. The summed E-state index contributed by atoms with van der Waals surface area (Å²) in [5, 5.41) is 10.0. The third-order valence-corrected chi connectivity index (χ3v) is 3.72. The number of nitrogens with two attached hydrogens (primary N) is 1. The lowest BCUT2D eigenvalue weighted by Crippen LogP contribution is -2.06. The van der Waals surface area contributed by atoms with E-state index >= 15 is 0 Å². The van der Waals surface area contributed by atoms with E-state index in [1.54, 1.807) is 0 Å². The van der Waals surface area contributed by atoms with E-state index in [1.807, 2.05) is 24.3 Å². The van der Waals surface area contributed by atoms with Gasteiger partial charge in [-0.05, 0) is 60.7 Å². The Kier molecular flexibility index (Phi) is 5.32. The molecule has 2 nitrogen and oxygen atoms in total. The average molecular weight is 281 g/mol. The smallest absolute Gasteiger partial charge is 0.0802 e. The van der Waals surface area contributed by atoms with Gasteiger partial charge in [-0.15, -0.1) is 0 Å². The monoisotopic (exact) mass is 281 g/mol. The van der Waals surface area contributed by atoms with E-state index in [-0.39, 0.29) is 0 Å². The van der Waals surface area contributed by atoms with Crippen LogP contribution in [0.3, 0.4) is 0 Å². The lowest BCUT2D eigenvalue weighted by atomic mass is 10.00. The summed E-state index contributed by atoms with van der Waals surface area (Å²) in [5.41, 5.74) is 11.3. The van der Waals surface area contributed by atoms with Crippen LogP contribution in [0.1, 0.15) is 40.3 Å². The van der Waals surface area contributed by atoms with Crippen LogP contribution in [-0.2, 0) is 0 Å². The molecule has 2 heteroatoms. The number of hydrogen-bond donors (Lipinski definition) is 2. The highest BCUT2D eigenvalue weighted by Crippen LogP contribution is 2.20. The molecular weight excluding hydrogens is 258 g/mol. The summed E-state index contributed by atoms with van der Waals surface area (Å²) < 4.78 is 0. The van der Waals surface area contributed by atoms with Crippen LogP contribution >= 0.6 is 0 Å². The van der Waals surface area contributed by atoms with Crippen molar-refractivity contribution in [2.75, 3.05) is 6.54 Å². The van der Waals surface area contributed by atoms with E-state index in [0.29, 0.717) is 13.0 Å². The Morgan fingerprint density at radius 2 is 1.71 bits per heavy atom. The van der Waals surface area contributed by atoms with Gasteiger partial charge in [0.15, 0.2) is 0 Å². The van der Waals surface area contributed by atoms with Gasteiger partial charge in [-0.1, -0.05) is 48.6 Å². The first kappa shape index (κ1) is 15.5. The van der Waals surface area contributed by atoms with Crippen LogP contribution in [0.5, 0.6) is 0 Å². The van der Waals surface area contributed by atoms with E-state index in [9.17, 15) is 5.11 Å². The maximum absolute atomic E-state index is 10.0. The molecule has 21 heavy (non-hydrogen) atoms. The summed E-state index contributed by atoms with van der Waals surface area (Å²) in [7, 11) is 0. The zero-order valence-electron chi connectivity index (χ0n) is 12.7. The molecule has 0 saturated heterocycles. The number of aliphatic hydroxyl groups excluding tert-OH is 1. The predicted molar refractivity (Wildman–Crippen MR) is 89.9 cm³/mol. The normalized spacial score (nSPS) is 12.8. The first-order valence-corrected chi connectivity index (χ1v) is 7.34. The van der Waals surface area contributed by atoms with Gasteiger partial charge in [0.1, 0.15) is 0 Å². The fourth-order valence-corrected chi connectivity index (χ4v) is 2.46. The molecule has 1 unspecified atom stereocenters. The Labute approximate surface area is 126 Å². The van der Waals surface area contributed by atoms with Crippen LogP contribution in [0.2, 0.25) is 0 Å². The van der Waals surface area contributed by atoms with Gasteiger partial charge in [-0.25, -0.2) is 0 Å². The van der Waals surface area contributed by atoms with Crippen molar-refractivity contribution in [2.24, 2.45) is 5.73 Å². The molecule has 0 aliphatic carbocycles. The number of hydrogen-bond acceptors (Lipinski definition) is 2. The number of benzene rings is 2. The first-order valence-electron chi connectivity index (χ1n) is 7.34. The molecule has 0 saturated carbocycles. The van der Waals surface area contributed by atoms with Gasteiger partial charge in [-0.3, -0.25) is 0 Å². The molecule has 1 atom stereocenters. The Morgan fingerprint density at radius 3 is 2.38 bits per heavy atom. The molecule has 0 radical (unpaired) electrons. The van der Waals surface area contributed by atoms with Crippen molar-refractivity contribution < 1.29 is 5.11 Å². The topological polar surface area (TPSA) is 46.2 Å². The maximum atomic E-state index is 10.0. The van der Waals surface area contributed by atoms with Gasteiger partial charge >= 0.3 is 0 Å². The van der Waals surface area contributed by atoms with Crippen molar-refractivity contribution >= 4 is 12.2 Å². The van der Waals surface area contributed by atoms with Crippen molar-refractivity contribution in [2.45, 2.75) is 26.4 Å². The predicted octanol–water partition coefficient (Wildman–Crippen LogP) is 3.86. The second-order valence-electron chi connectivity index (χ2n) is 5.40. The summed E-state index contributed by atoms with van der Waals surface area (Å²) in [5.74, 6) is 0. The number of aliphatic hydroxyl groups is 1. The van der Waals surface area contributed by atoms with E-state index < -0.39 is 6.10 Å². The van der Waals surface area contributed by atoms with E-state index in [1.165, 1.54) is 16.7 Å². The Balaban J connectivity index is 2.23. The fraction of sp³-hybridized carbons (Fsp3) is 0.263. The SMILES string of the molecule is Cc1cccc(C)c1C=Cc1cccc(C(O)CCN)c1. The Hall–Kier alpha value is -1.90. The minimum Gasteiger partial charge on any atom is -0.388 e. The van der Waals surface area contributed by atoms with Gasteiger partial charge in [-0.2, -0.15) is 0 Å². The van der Waals surface area contributed by atoms with Gasteiger partial charge in [0.05, 0.1) is 6.10 Å². The molecule has 0 fully saturated rings. The van der Waals surface area contributed by atoms with Gasteiger partial charge < -0.3 is 10.8 Å². The summed E-state index contributed by atoms with van der Waals surface area (Å²) >= 11 is 0. The largest absolute Gasteiger partial charge is 0.388 e. The van der Waals surface area contributed by atoms with Crippen LogP contribution in [0.25, 0.3) is 12.2 Å². The van der Waals surface area contributed by atoms with Crippen LogP contribution in [0.4, 0.5) is 0 Å². The van der Waals surface area contributed by atoms with Crippen LogP contribution < -0.4 is 5.73 Å². The summed E-state index contributed by atoms with van der Waals surface area (Å²) in [6, 6.07) is 14.3. The highest BCUT2D eigenvalue weighted by Gasteiger charge is 2.06. The molecule has 110 valence electrons. The minimum atomic E-state index is -0.483. The zero-order valence-corrected chi connectivity index (χ0v) is 12.7. The molecule has 2 rings (SSSR count). The second-order valence-corrected chi connectivity index (χ2v) is 5.40. The zero-order chi connectivity index (χ0) is 15.2. The standard InChI is InChI=1S/C19H23NO/c1-14-5-3-6-15(2)18(14)10-9-16-7-4-8-17(13-16)19(21)11-12-20/h3-10,13,19,21H,11-12,20H2,1-2H3. The van der Waals surface area contributed by atoms with Gasteiger partial charge in [0.2, 0.25) is 0 Å². The Morgan fingerprint density at radius 1 is 1.05 bits per heavy atom. The van der Waals surface area contributed by atoms with Crippen molar-refractivity contribution in [1.29, 1.82) is 0 Å². The molecule has 2 aromatic rings. The summed E-state index contributed by atoms with van der Waals surface area (Å²) in [6.45, 7) is 4.73.